The molecule has 2 aliphatic heterocycles. The van der Waals surface area contributed by atoms with Gasteiger partial charge in [0, 0.05) is 30.0 Å². The molecule has 3 aromatic carbocycles. The lowest BCUT2D eigenvalue weighted by Gasteiger charge is -2.39. The van der Waals surface area contributed by atoms with Crippen LogP contribution in [0.5, 0.6) is 11.5 Å². The van der Waals surface area contributed by atoms with Gasteiger partial charge in [0.2, 0.25) is 12.7 Å². The second-order valence-corrected chi connectivity index (χ2v) is 8.31. The Morgan fingerprint density at radius 2 is 1.88 bits per heavy atom. The van der Waals surface area contributed by atoms with Crippen molar-refractivity contribution in [1.82, 2.24) is 9.88 Å². The molecule has 6 rings (SSSR count). The minimum atomic E-state index is -0.608. The Hall–Kier alpha value is -4.26. The summed E-state index contributed by atoms with van der Waals surface area (Å²) in [7, 11) is 1.73. The number of ether oxygens (including phenoxy) is 2. The van der Waals surface area contributed by atoms with Crippen LogP contribution in [0.3, 0.4) is 0 Å². The minimum Gasteiger partial charge on any atom is -0.454 e. The Kier molecular flexibility index (Phi) is 4.36. The maximum Gasteiger partial charge on any atom is 0.254 e. The van der Waals surface area contributed by atoms with E-state index in [-0.39, 0.29) is 18.6 Å². The summed E-state index contributed by atoms with van der Waals surface area (Å²) in [5.41, 5.74) is 3.69. The van der Waals surface area contributed by atoms with Crippen molar-refractivity contribution in [2.24, 2.45) is 0 Å². The smallest absolute Gasteiger partial charge is 0.254 e. The van der Waals surface area contributed by atoms with Crippen molar-refractivity contribution >= 4 is 28.4 Å². The van der Waals surface area contributed by atoms with Crippen LogP contribution in [-0.4, -0.2) is 35.5 Å². The van der Waals surface area contributed by atoms with Gasteiger partial charge in [0.25, 0.3) is 5.91 Å². The van der Waals surface area contributed by atoms with Gasteiger partial charge in [-0.05, 0) is 52.9 Å². The molecule has 4 aromatic rings. The molecule has 0 spiro atoms. The SMILES string of the molecule is CN1C(=O)c2ccccc2[C@H](C(=O)Nc2ccc3cc[nH]c3c2)[C@@H]1c1ccc2c(c1)OCO2. The highest BCUT2D eigenvalue weighted by atomic mass is 16.7. The number of aromatic amines is 1. The number of rotatable bonds is 3. The van der Waals surface area contributed by atoms with Crippen molar-refractivity contribution in [1.29, 1.82) is 0 Å². The van der Waals surface area contributed by atoms with Gasteiger partial charge in [0.15, 0.2) is 11.5 Å². The van der Waals surface area contributed by atoms with Crippen LogP contribution in [0.15, 0.2) is 72.9 Å². The highest BCUT2D eigenvalue weighted by molar-refractivity contribution is 6.04. The van der Waals surface area contributed by atoms with Gasteiger partial charge in [0.05, 0.1) is 12.0 Å². The third-order valence-electron chi connectivity index (χ3n) is 6.42. The van der Waals surface area contributed by atoms with Crippen molar-refractivity contribution in [2.75, 3.05) is 19.2 Å². The Labute approximate surface area is 189 Å². The number of nitrogens with one attached hydrogen (secondary N) is 2. The Balaban J connectivity index is 1.44. The summed E-state index contributed by atoms with van der Waals surface area (Å²) >= 11 is 0. The molecule has 3 heterocycles. The van der Waals surface area contributed by atoms with Crippen LogP contribution in [0.4, 0.5) is 5.69 Å². The van der Waals surface area contributed by atoms with Crippen LogP contribution in [0.2, 0.25) is 0 Å². The Bertz CT molecular complexity index is 1410. The summed E-state index contributed by atoms with van der Waals surface area (Å²) in [5, 5.41) is 4.14. The summed E-state index contributed by atoms with van der Waals surface area (Å²) in [4.78, 5) is 31.8. The average Bonchev–Trinajstić information content (AvgIpc) is 3.49. The molecule has 0 saturated heterocycles. The molecule has 33 heavy (non-hydrogen) atoms. The number of nitrogens with zero attached hydrogens (tertiary/aromatic N) is 1. The van der Waals surface area contributed by atoms with Gasteiger partial charge in [-0.25, -0.2) is 0 Å². The third kappa shape index (κ3) is 3.12. The highest BCUT2D eigenvalue weighted by Crippen LogP contribution is 2.45. The van der Waals surface area contributed by atoms with E-state index in [1.54, 1.807) is 18.0 Å². The predicted octanol–water partition coefficient (Wildman–Crippen LogP) is 4.45. The van der Waals surface area contributed by atoms with Crippen LogP contribution >= 0.6 is 0 Å². The first kappa shape index (κ1) is 19.4. The Morgan fingerprint density at radius 3 is 2.79 bits per heavy atom. The molecular formula is C26H21N3O4. The number of hydrogen-bond acceptors (Lipinski definition) is 4. The van der Waals surface area contributed by atoms with Crippen molar-refractivity contribution in [3.63, 3.8) is 0 Å². The van der Waals surface area contributed by atoms with Crippen LogP contribution in [0.25, 0.3) is 10.9 Å². The van der Waals surface area contributed by atoms with E-state index in [2.05, 4.69) is 10.3 Å². The van der Waals surface area contributed by atoms with E-state index in [0.717, 1.165) is 16.5 Å². The highest BCUT2D eigenvalue weighted by Gasteiger charge is 2.43. The molecule has 2 amide bonds. The van der Waals surface area contributed by atoms with Crippen molar-refractivity contribution in [2.45, 2.75) is 12.0 Å². The first-order valence-corrected chi connectivity index (χ1v) is 10.7. The first-order valence-electron chi connectivity index (χ1n) is 10.7. The van der Waals surface area contributed by atoms with Gasteiger partial charge < -0.3 is 24.7 Å². The van der Waals surface area contributed by atoms with Crippen molar-refractivity contribution in [3.8, 4) is 11.5 Å². The molecule has 0 aliphatic carbocycles. The quantitative estimate of drug-likeness (QED) is 0.494. The molecule has 0 saturated carbocycles. The largest absolute Gasteiger partial charge is 0.454 e. The number of anilines is 1. The number of hydrogen-bond donors (Lipinski definition) is 2. The number of benzene rings is 3. The van der Waals surface area contributed by atoms with Gasteiger partial charge in [-0.1, -0.05) is 30.3 Å². The summed E-state index contributed by atoms with van der Waals surface area (Å²) < 4.78 is 11.0. The first-order chi connectivity index (χ1) is 16.1. The third-order valence-corrected chi connectivity index (χ3v) is 6.42. The van der Waals surface area contributed by atoms with E-state index >= 15 is 0 Å². The number of likely N-dealkylation sites (N-methyl/N-ethyl adjacent to an activating group) is 1. The zero-order valence-electron chi connectivity index (χ0n) is 17.9. The van der Waals surface area contributed by atoms with Crippen LogP contribution in [0.1, 0.15) is 33.4 Å². The maximum absolute atomic E-state index is 13.8. The lowest BCUT2D eigenvalue weighted by molar-refractivity contribution is -0.119. The van der Waals surface area contributed by atoms with Crippen LogP contribution < -0.4 is 14.8 Å². The fourth-order valence-corrected chi connectivity index (χ4v) is 4.82. The van der Waals surface area contributed by atoms with E-state index in [0.29, 0.717) is 28.3 Å². The second-order valence-electron chi connectivity index (χ2n) is 8.31. The molecule has 0 fully saturated rings. The summed E-state index contributed by atoms with van der Waals surface area (Å²) in [6, 6.07) is 20.1. The van der Waals surface area contributed by atoms with E-state index in [9.17, 15) is 9.59 Å². The van der Waals surface area contributed by atoms with E-state index < -0.39 is 12.0 Å². The monoisotopic (exact) mass is 439 g/mol. The molecule has 1 aromatic heterocycles. The van der Waals surface area contributed by atoms with Crippen LogP contribution in [0, 0.1) is 0 Å². The molecule has 164 valence electrons. The minimum absolute atomic E-state index is 0.120. The summed E-state index contributed by atoms with van der Waals surface area (Å²) in [5.74, 6) is 0.358. The summed E-state index contributed by atoms with van der Waals surface area (Å²) in [6.45, 7) is 0.159. The number of carbonyl (C=O) groups excluding carboxylic acids is 2. The fourth-order valence-electron chi connectivity index (χ4n) is 4.82. The lowest BCUT2D eigenvalue weighted by atomic mass is 9.79. The molecule has 7 nitrogen and oxygen atoms in total. The van der Waals surface area contributed by atoms with E-state index in [1.165, 1.54) is 0 Å². The molecule has 0 radical (unpaired) electrons. The topological polar surface area (TPSA) is 83.7 Å². The number of amides is 2. The number of H-pyrrole nitrogens is 1. The van der Waals surface area contributed by atoms with Gasteiger partial charge in [-0.2, -0.15) is 0 Å². The van der Waals surface area contributed by atoms with Gasteiger partial charge in [-0.15, -0.1) is 0 Å². The zero-order valence-corrected chi connectivity index (χ0v) is 17.9. The molecular weight excluding hydrogens is 418 g/mol. The van der Waals surface area contributed by atoms with Gasteiger partial charge >= 0.3 is 0 Å². The van der Waals surface area contributed by atoms with Gasteiger partial charge in [0.1, 0.15) is 0 Å². The number of fused-ring (bicyclic) bond motifs is 3. The van der Waals surface area contributed by atoms with Gasteiger partial charge in [-0.3, -0.25) is 9.59 Å². The van der Waals surface area contributed by atoms with E-state index in [4.69, 9.17) is 9.47 Å². The normalized spacial score (nSPS) is 18.9. The molecule has 0 unspecified atom stereocenters. The molecule has 2 N–H and O–H groups in total. The van der Waals surface area contributed by atoms with Crippen molar-refractivity contribution < 1.29 is 19.1 Å². The molecule has 2 aliphatic rings. The number of aromatic nitrogens is 1. The number of carbonyl (C=O) groups is 2. The van der Waals surface area contributed by atoms with Crippen LogP contribution in [-0.2, 0) is 4.79 Å². The second kappa shape index (κ2) is 7.41. The van der Waals surface area contributed by atoms with Crippen molar-refractivity contribution in [3.05, 3.63) is 89.6 Å². The predicted molar refractivity (Wildman–Crippen MR) is 124 cm³/mol. The fraction of sp³-hybridized carbons (Fsp3) is 0.154. The molecule has 0 bridgehead atoms. The maximum atomic E-state index is 13.8. The van der Waals surface area contributed by atoms with E-state index in [1.807, 2.05) is 66.9 Å². The Morgan fingerprint density at radius 1 is 1.03 bits per heavy atom. The molecule has 7 heteroatoms. The summed E-state index contributed by atoms with van der Waals surface area (Å²) in [6.07, 6.45) is 1.86. The standard InChI is InChI=1S/C26H21N3O4/c1-29-24(16-7-9-21-22(12-16)33-14-32-21)23(18-4-2-3-5-19(18)26(29)31)25(30)28-17-8-6-15-10-11-27-20(15)13-17/h2-13,23-24,27H,14H2,1H3,(H,28,30)/t23-,24-/m0/s1. The lowest BCUT2D eigenvalue weighted by Crippen LogP contribution is -2.44. The average molecular weight is 439 g/mol. The molecule has 2 atom stereocenters. The zero-order chi connectivity index (χ0) is 22.5.